The van der Waals surface area contributed by atoms with E-state index in [2.05, 4.69) is 23.9 Å². The van der Waals surface area contributed by atoms with E-state index in [9.17, 15) is 9.90 Å². The lowest BCUT2D eigenvalue weighted by atomic mass is 10.1. The van der Waals surface area contributed by atoms with Crippen LogP contribution in [0.1, 0.15) is 43.2 Å². The van der Waals surface area contributed by atoms with Crippen molar-refractivity contribution in [1.82, 2.24) is 14.8 Å². The average molecular weight is 291 g/mol. The van der Waals surface area contributed by atoms with Gasteiger partial charge in [-0.2, -0.15) is 5.10 Å². The average Bonchev–Trinajstić information content (AvgIpc) is 2.64. The molecule has 2 aromatic heterocycles. The van der Waals surface area contributed by atoms with E-state index in [0.29, 0.717) is 22.7 Å². The molecule has 2 rings (SSSR count). The van der Waals surface area contributed by atoms with Crippen molar-refractivity contribution in [1.29, 1.82) is 0 Å². The van der Waals surface area contributed by atoms with Crippen molar-refractivity contribution in [3.05, 3.63) is 17.5 Å². The highest BCUT2D eigenvalue weighted by molar-refractivity contribution is 5.98. The molecular formula is C15H21N3O3. The molecule has 0 saturated heterocycles. The minimum absolute atomic E-state index is 0.0756. The minimum Gasteiger partial charge on any atom is -0.489 e. The molecule has 6 heteroatoms. The van der Waals surface area contributed by atoms with Crippen LogP contribution in [0.2, 0.25) is 0 Å². The first-order valence-electron chi connectivity index (χ1n) is 7.03. The lowest BCUT2D eigenvalue weighted by molar-refractivity contribution is 0.0689. The van der Waals surface area contributed by atoms with Crippen LogP contribution in [0, 0.1) is 12.8 Å². The van der Waals surface area contributed by atoms with E-state index in [-0.39, 0.29) is 11.7 Å². The molecule has 1 atom stereocenters. The maximum Gasteiger partial charge on any atom is 0.341 e. The van der Waals surface area contributed by atoms with E-state index in [1.54, 1.807) is 11.7 Å². The van der Waals surface area contributed by atoms with E-state index in [0.717, 1.165) is 12.1 Å². The Morgan fingerprint density at radius 3 is 2.67 bits per heavy atom. The molecule has 1 unspecified atom stereocenters. The van der Waals surface area contributed by atoms with Gasteiger partial charge in [-0.25, -0.2) is 9.78 Å². The standard InChI is InChI=1S/C15H21N3O3/c1-8(2)6-9(3)21-13-11(15(19)20)7-16-14-12(13)10(4)17-18(14)5/h7-9H,6H2,1-5H3,(H,19,20). The molecule has 0 fully saturated rings. The first kappa shape index (κ1) is 15.3. The van der Waals surface area contributed by atoms with Crippen LogP contribution in [0.4, 0.5) is 0 Å². The van der Waals surface area contributed by atoms with Crippen molar-refractivity contribution < 1.29 is 14.6 Å². The SMILES string of the molecule is Cc1nn(C)c2ncc(C(=O)O)c(OC(C)CC(C)C)c12. The number of carboxylic acids is 1. The zero-order valence-electron chi connectivity index (χ0n) is 13.0. The fourth-order valence-corrected chi connectivity index (χ4v) is 2.57. The summed E-state index contributed by atoms with van der Waals surface area (Å²) < 4.78 is 7.59. The molecule has 0 bridgehead atoms. The number of ether oxygens (including phenoxy) is 1. The van der Waals surface area contributed by atoms with Crippen molar-refractivity contribution in [3.63, 3.8) is 0 Å². The summed E-state index contributed by atoms with van der Waals surface area (Å²) in [5.41, 5.74) is 1.42. The zero-order chi connectivity index (χ0) is 15.7. The predicted octanol–water partition coefficient (Wildman–Crippen LogP) is 2.79. The van der Waals surface area contributed by atoms with Crippen LogP contribution >= 0.6 is 0 Å². The van der Waals surface area contributed by atoms with Gasteiger partial charge in [0.15, 0.2) is 5.65 Å². The minimum atomic E-state index is -1.04. The van der Waals surface area contributed by atoms with Gasteiger partial charge in [0.05, 0.1) is 17.2 Å². The monoisotopic (exact) mass is 291 g/mol. The fraction of sp³-hybridized carbons (Fsp3) is 0.533. The fourth-order valence-electron chi connectivity index (χ4n) is 2.57. The smallest absolute Gasteiger partial charge is 0.341 e. The maximum absolute atomic E-state index is 11.4. The molecule has 0 aliphatic heterocycles. The number of aromatic nitrogens is 3. The Kier molecular flexibility index (Phi) is 4.16. The second-order valence-corrected chi connectivity index (χ2v) is 5.77. The second kappa shape index (κ2) is 5.71. The van der Waals surface area contributed by atoms with Crippen LogP contribution in [0.5, 0.6) is 5.75 Å². The molecule has 6 nitrogen and oxygen atoms in total. The Bertz CT molecular complexity index is 676. The van der Waals surface area contributed by atoms with E-state index in [1.807, 2.05) is 13.8 Å². The van der Waals surface area contributed by atoms with Gasteiger partial charge in [-0.05, 0) is 26.2 Å². The van der Waals surface area contributed by atoms with Crippen LogP contribution in [-0.2, 0) is 7.05 Å². The first-order valence-corrected chi connectivity index (χ1v) is 7.03. The summed E-state index contributed by atoms with van der Waals surface area (Å²) in [4.78, 5) is 15.6. The molecule has 1 N–H and O–H groups in total. The summed E-state index contributed by atoms with van der Waals surface area (Å²) in [6.45, 7) is 7.99. The van der Waals surface area contributed by atoms with Gasteiger partial charge in [0.1, 0.15) is 11.3 Å². The summed E-state index contributed by atoms with van der Waals surface area (Å²) in [5.74, 6) is -0.203. The summed E-state index contributed by atoms with van der Waals surface area (Å²) in [6, 6.07) is 0. The van der Waals surface area contributed by atoms with E-state index >= 15 is 0 Å². The lowest BCUT2D eigenvalue weighted by Gasteiger charge is -2.18. The van der Waals surface area contributed by atoms with E-state index < -0.39 is 5.97 Å². The molecule has 0 aliphatic carbocycles. The predicted molar refractivity (Wildman–Crippen MR) is 79.8 cm³/mol. The number of nitrogens with zero attached hydrogens (tertiary/aromatic N) is 3. The van der Waals surface area contributed by atoms with Crippen molar-refractivity contribution in [2.45, 2.75) is 40.2 Å². The summed E-state index contributed by atoms with van der Waals surface area (Å²) in [6.07, 6.45) is 2.11. The topological polar surface area (TPSA) is 77.2 Å². The van der Waals surface area contributed by atoms with Crippen molar-refractivity contribution in [3.8, 4) is 5.75 Å². The second-order valence-electron chi connectivity index (χ2n) is 5.77. The Morgan fingerprint density at radius 2 is 2.10 bits per heavy atom. The Morgan fingerprint density at radius 1 is 1.43 bits per heavy atom. The van der Waals surface area contributed by atoms with Gasteiger partial charge in [0, 0.05) is 13.2 Å². The normalized spacial score (nSPS) is 12.9. The number of aryl methyl sites for hydroxylation is 2. The van der Waals surface area contributed by atoms with E-state index in [4.69, 9.17) is 4.74 Å². The van der Waals surface area contributed by atoms with Gasteiger partial charge >= 0.3 is 5.97 Å². The molecule has 0 spiro atoms. The largest absolute Gasteiger partial charge is 0.489 e. The molecule has 0 aromatic carbocycles. The molecule has 2 aromatic rings. The van der Waals surface area contributed by atoms with Crippen molar-refractivity contribution in [2.24, 2.45) is 13.0 Å². The van der Waals surface area contributed by atoms with Crippen molar-refractivity contribution >= 4 is 17.0 Å². The summed E-state index contributed by atoms with van der Waals surface area (Å²) in [5, 5.41) is 14.3. The third-order valence-electron chi connectivity index (χ3n) is 3.33. The van der Waals surface area contributed by atoms with Gasteiger partial charge in [-0.3, -0.25) is 4.68 Å². The summed E-state index contributed by atoms with van der Waals surface area (Å²) in [7, 11) is 1.78. The number of rotatable bonds is 5. The Hall–Kier alpha value is -2.11. The number of carbonyl (C=O) groups is 1. The zero-order valence-corrected chi connectivity index (χ0v) is 13.0. The molecule has 114 valence electrons. The number of pyridine rings is 1. The van der Waals surface area contributed by atoms with Gasteiger partial charge < -0.3 is 9.84 Å². The van der Waals surface area contributed by atoms with Crippen LogP contribution in [0.15, 0.2) is 6.20 Å². The first-order chi connectivity index (χ1) is 9.81. The Balaban J connectivity index is 2.56. The number of aromatic carboxylic acids is 1. The van der Waals surface area contributed by atoms with Crippen LogP contribution in [-0.4, -0.2) is 31.9 Å². The third-order valence-corrected chi connectivity index (χ3v) is 3.33. The number of carboxylic acid groups (broad SMARTS) is 1. The van der Waals surface area contributed by atoms with Gasteiger partial charge in [0.2, 0.25) is 0 Å². The molecule has 21 heavy (non-hydrogen) atoms. The quantitative estimate of drug-likeness (QED) is 0.916. The van der Waals surface area contributed by atoms with Crippen LogP contribution in [0.25, 0.3) is 11.0 Å². The lowest BCUT2D eigenvalue weighted by Crippen LogP contribution is -2.17. The number of hydrogen-bond acceptors (Lipinski definition) is 4. The van der Waals surface area contributed by atoms with Crippen LogP contribution < -0.4 is 4.74 Å². The highest BCUT2D eigenvalue weighted by Gasteiger charge is 2.22. The van der Waals surface area contributed by atoms with Gasteiger partial charge in [0.25, 0.3) is 0 Å². The molecule has 0 radical (unpaired) electrons. The highest BCUT2D eigenvalue weighted by atomic mass is 16.5. The van der Waals surface area contributed by atoms with Gasteiger partial charge in [-0.15, -0.1) is 0 Å². The van der Waals surface area contributed by atoms with Crippen LogP contribution in [0.3, 0.4) is 0 Å². The molecule has 0 saturated carbocycles. The van der Waals surface area contributed by atoms with Crippen molar-refractivity contribution in [2.75, 3.05) is 0 Å². The van der Waals surface area contributed by atoms with E-state index in [1.165, 1.54) is 6.20 Å². The maximum atomic E-state index is 11.4. The molecule has 0 amide bonds. The molecule has 0 aliphatic rings. The summed E-state index contributed by atoms with van der Waals surface area (Å²) >= 11 is 0. The molecule has 2 heterocycles. The third kappa shape index (κ3) is 2.99. The highest BCUT2D eigenvalue weighted by Crippen LogP contribution is 2.32. The number of hydrogen-bond donors (Lipinski definition) is 1. The Labute approximate surface area is 123 Å². The molecular weight excluding hydrogens is 270 g/mol. The number of fused-ring (bicyclic) bond motifs is 1. The van der Waals surface area contributed by atoms with Gasteiger partial charge in [-0.1, -0.05) is 13.8 Å².